The maximum absolute atomic E-state index is 5.57. The van der Waals surface area contributed by atoms with E-state index in [-0.39, 0.29) is 0 Å². The lowest BCUT2D eigenvalue weighted by Crippen LogP contribution is -2.14. The van der Waals surface area contributed by atoms with Gasteiger partial charge in [0.2, 0.25) is 0 Å². The van der Waals surface area contributed by atoms with Gasteiger partial charge in [-0.2, -0.15) is 0 Å². The van der Waals surface area contributed by atoms with Crippen molar-refractivity contribution >= 4 is 37.7 Å². The van der Waals surface area contributed by atoms with E-state index in [2.05, 4.69) is 36.8 Å². The molecule has 0 saturated heterocycles. The number of halogens is 2. The van der Waals surface area contributed by atoms with Gasteiger partial charge in [-0.05, 0) is 44.8 Å². The molecule has 3 N–H and O–H groups in total. The van der Waals surface area contributed by atoms with Gasteiger partial charge in [-0.15, -0.1) is 0 Å². The number of anilines is 1. The Morgan fingerprint density at radius 1 is 1.40 bits per heavy atom. The Bertz CT molecular complexity index is 210. The van der Waals surface area contributed by atoms with Crippen molar-refractivity contribution in [2.75, 3.05) is 5.73 Å². The molecule has 1 heterocycles. The molecule has 0 saturated carbocycles. The average molecular weight is 267 g/mol. The summed E-state index contributed by atoms with van der Waals surface area (Å²) in [4.78, 5) is 2.99. The standard InChI is InChI=1S/C6H6Br2N2/c1-3-4(7)2-5(8)6(9)10-3/h2H,1H3,(H2,9,10)/p+1. The number of hydrogen-bond acceptors (Lipinski definition) is 1. The van der Waals surface area contributed by atoms with Gasteiger partial charge in [-0.3, -0.25) is 5.73 Å². The van der Waals surface area contributed by atoms with Gasteiger partial charge < -0.3 is 0 Å². The molecule has 0 aliphatic heterocycles. The third-order valence-corrected chi connectivity index (χ3v) is 2.67. The quantitative estimate of drug-likeness (QED) is 0.766. The Balaban J connectivity index is 3.28. The summed E-state index contributed by atoms with van der Waals surface area (Å²) >= 11 is 6.66. The summed E-state index contributed by atoms with van der Waals surface area (Å²) < 4.78 is 1.90. The average Bonchev–Trinajstić information content (AvgIpc) is 1.84. The molecule has 0 fully saturated rings. The summed E-state index contributed by atoms with van der Waals surface area (Å²) in [6.45, 7) is 1.95. The zero-order chi connectivity index (χ0) is 7.72. The maximum Gasteiger partial charge on any atom is 0.284 e. The highest BCUT2D eigenvalue weighted by molar-refractivity contribution is 9.11. The molecule has 10 heavy (non-hydrogen) atoms. The van der Waals surface area contributed by atoms with Crippen molar-refractivity contribution < 1.29 is 4.98 Å². The number of hydrogen-bond donors (Lipinski definition) is 1. The second kappa shape index (κ2) is 2.88. The van der Waals surface area contributed by atoms with Crippen LogP contribution in [0.4, 0.5) is 5.82 Å². The Hall–Kier alpha value is -0.0900. The molecular weight excluding hydrogens is 260 g/mol. The molecule has 0 spiro atoms. The first-order valence-electron chi connectivity index (χ1n) is 2.74. The largest absolute Gasteiger partial charge is 0.286 e. The van der Waals surface area contributed by atoms with Gasteiger partial charge in [0.1, 0.15) is 10.2 Å². The molecule has 1 aromatic rings. The minimum absolute atomic E-state index is 0.653. The van der Waals surface area contributed by atoms with Crippen LogP contribution in [0.3, 0.4) is 0 Å². The number of nitrogens with one attached hydrogen (secondary N) is 1. The highest BCUT2D eigenvalue weighted by atomic mass is 79.9. The molecule has 0 aliphatic carbocycles. The number of aromatic amines is 1. The summed E-state index contributed by atoms with van der Waals surface area (Å²) in [6.07, 6.45) is 0. The Morgan fingerprint density at radius 3 is 2.50 bits per heavy atom. The molecule has 0 amide bonds. The fourth-order valence-electron chi connectivity index (χ4n) is 0.619. The van der Waals surface area contributed by atoms with Gasteiger partial charge >= 0.3 is 0 Å². The maximum atomic E-state index is 5.57. The summed E-state index contributed by atoms with van der Waals surface area (Å²) in [5.74, 6) is 0.653. The molecule has 0 radical (unpaired) electrons. The predicted octanol–water partition coefficient (Wildman–Crippen LogP) is 1.92. The molecule has 2 nitrogen and oxygen atoms in total. The van der Waals surface area contributed by atoms with Crippen molar-refractivity contribution in [2.24, 2.45) is 0 Å². The van der Waals surface area contributed by atoms with Crippen LogP contribution in [0.15, 0.2) is 15.0 Å². The molecule has 4 heteroatoms. The van der Waals surface area contributed by atoms with E-state index in [0.29, 0.717) is 5.82 Å². The molecule has 0 aromatic carbocycles. The molecule has 0 unspecified atom stereocenters. The summed E-state index contributed by atoms with van der Waals surface area (Å²) in [5.41, 5.74) is 6.59. The minimum Gasteiger partial charge on any atom is -0.286 e. The zero-order valence-corrected chi connectivity index (χ0v) is 8.58. The van der Waals surface area contributed by atoms with Gasteiger partial charge in [0, 0.05) is 0 Å². The van der Waals surface area contributed by atoms with E-state index in [0.717, 1.165) is 14.6 Å². The molecule has 54 valence electrons. The molecular formula is C6H7Br2N2+. The van der Waals surface area contributed by atoms with E-state index in [1.165, 1.54) is 0 Å². The number of H-pyrrole nitrogens is 1. The van der Waals surface area contributed by atoms with Crippen LogP contribution in [-0.2, 0) is 0 Å². The van der Waals surface area contributed by atoms with Crippen LogP contribution in [0.1, 0.15) is 5.69 Å². The predicted molar refractivity (Wildman–Crippen MR) is 47.5 cm³/mol. The highest BCUT2D eigenvalue weighted by Crippen LogP contribution is 2.20. The number of nitrogen functional groups attached to an aromatic ring is 1. The molecule has 0 aliphatic rings. The fraction of sp³-hybridized carbons (Fsp3) is 0.167. The molecule has 0 atom stereocenters. The van der Waals surface area contributed by atoms with Crippen LogP contribution in [0.2, 0.25) is 0 Å². The molecule has 0 bridgehead atoms. The SMILES string of the molecule is Cc1[nH+]c(N)c(Br)cc1Br. The first-order valence-corrected chi connectivity index (χ1v) is 4.33. The van der Waals surface area contributed by atoms with Gasteiger partial charge in [0.15, 0.2) is 0 Å². The van der Waals surface area contributed by atoms with E-state index in [1.807, 2.05) is 13.0 Å². The number of nitrogens with two attached hydrogens (primary N) is 1. The molecule has 1 rings (SSSR count). The topological polar surface area (TPSA) is 40.2 Å². The summed E-state index contributed by atoms with van der Waals surface area (Å²) in [6, 6.07) is 1.92. The van der Waals surface area contributed by atoms with E-state index >= 15 is 0 Å². The van der Waals surface area contributed by atoms with Crippen LogP contribution in [0.25, 0.3) is 0 Å². The second-order valence-electron chi connectivity index (χ2n) is 2.00. The van der Waals surface area contributed by atoms with Crippen LogP contribution >= 0.6 is 31.9 Å². The van der Waals surface area contributed by atoms with Gasteiger partial charge in [-0.1, -0.05) is 0 Å². The third-order valence-electron chi connectivity index (χ3n) is 1.19. The first kappa shape index (κ1) is 8.01. The number of rotatable bonds is 0. The smallest absolute Gasteiger partial charge is 0.284 e. The van der Waals surface area contributed by atoms with Crippen molar-refractivity contribution in [3.8, 4) is 0 Å². The van der Waals surface area contributed by atoms with E-state index in [9.17, 15) is 0 Å². The number of aryl methyl sites for hydroxylation is 1. The van der Waals surface area contributed by atoms with Crippen LogP contribution in [-0.4, -0.2) is 0 Å². The van der Waals surface area contributed by atoms with Crippen molar-refractivity contribution in [3.05, 3.63) is 20.7 Å². The van der Waals surface area contributed by atoms with E-state index in [1.54, 1.807) is 0 Å². The van der Waals surface area contributed by atoms with Gasteiger partial charge in [0.25, 0.3) is 5.82 Å². The molecule has 1 aromatic heterocycles. The van der Waals surface area contributed by atoms with Crippen LogP contribution in [0, 0.1) is 6.92 Å². The lowest BCUT2D eigenvalue weighted by Gasteiger charge is -1.95. The number of pyridine rings is 1. The Labute approximate surface area is 76.1 Å². The van der Waals surface area contributed by atoms with E-state index in [4.69, 9.17) is 5.73 Å². The normalized spacial score (nSPS) is 9.90. The highest BCUT2D eigenvalue weighted by Gasteiger charge is 2.05. The Kier molecular flexibility index (Phi) is 2.31. The second-order valence-corrected chi connectivity index (χ2v) is 3.71. The van der Waals surface area contributed by atoms with Gasteiger partial charge in [0.05, 0.1) is 4.47 Å². The van der Waals surface area contributed by atoms with Crippen molar-refractivity contribution in [1.82, 2.24) is 0 Å². The van der Waals surface area contributed by atoms with Crippen LogP contribution < -0.4 is 10.7 Å². The summed E-state index contributed by atoms with van der Waals surface area (Å²) in [7, 11) is 0. The fourth-order valence-corrected chi connectivity index (χ4v) is 1.58. The Morgan fingerprint density at radius 2 is 2.00 bits per heavy atom. The van der Waals surface area contributed by atoms with Crippen molar-refractivity contribution in [2.45, 2.75) is 6.92 Å². The minimum atomic E-state index is 0.653. The monoisotopic (exact) mass is 265 g/mol. The lowest BCUT2D eigenvalue weighted by molar-refractivity contribution is -0.371. The summed E-state index contributed by atoms with van der Waals surface area (Å²) in [5, 5.41) is 0. The van der Waals surface area contributed by atoms with E-state index < -0.39 is 0 Å². The number of aromatic nitrogens is 1. The van der Waals surface area contributed by atoms with Gasteiger partial charge in [-0.25, -0.2) is 4.98 Å². The van der Waals surface area contributed by atoms with Crippen molar-refractivity contribution in [1.29, 1.82) is 0 Å². The third kappa shape index (κ3) is 1.49. The van der Waals surface area contributed by atoms with Crippen LogP contribution in [0.5, 0.6) is 0 Å². The first-order chi connectivity index (χ1) is 4.61. The lowest BCUT2D eigenvalue weighted by atomic mass is 10.4. The zero-order valence-electron chi connectivity index (χ0n) is 5.41. The van der Waals surface area contributed by atoms with Crippen molar-refractivity contribution in [3.63, 3.8) is 0 Å².